The highest BCUT2D eigenvalue weighted by atomic mass is 16.5. The van der Waals surface area contributed by atoms with E-state index < -0.39 is 5.97 Å². The molecule has 0 spiro atoms. The van der Waals surface area contributed by atoms with Gasteiger partial charge in [0.2, 0.25) is 0 Å². The number of carbonyl (C=O) groups is 3. The van der Waals surface area contributed by atoms with Gasteiger partial charge in [-0.3, -0.25) is 9.59 Å². The molecule has 0 unspecified atom stereocenters. The van der Waals surface area contributed by atoms with E-state index in [-0.39, 0.29) is 29.7 Å². The zero-order valence-electron chi connectivity index (χ0n) is 17.3. The van der Waals surface area contributed by atoms with Gasteiger partial charge >= 0.3 is 5.97 Å². The molecule has 0 radical (unpaired) electrons. The van der Waals surface area contributed by atoms with Crippen LogP contribution in [0.4, 0.5) is 5.69 Å². The molecule has 1 heterocycles. The Hall–Kier alpha value is -3.09. The van der Waals surface area contributed by atoms with Gasteiger partial charge in [0.1, 0.15) is 0 Å². The summed E-state index contributed by atoms with van der Waals surface area (Å²) in [6.45, 7) is -0.280. The van der Waals surface area contributed by atoms with E-state index in [0.29, 0.717) is 11.3 Å². The predicted octanol–water partition coefficient (Wildman–Crippen LogP) is 3.77. The van der Waals surface area contributed by atoms with Crippen LogP contribution in [0.25, 0.3) is 0 Å². The molecule has 4 saturated carbocycles. The SMILES string of the molecule is O=C(COC(=O)c1ccc(NC(=O)c2ccco2)cc1)NC12CC3CC(CC(C3)C1)C2. The standard InChI is InChI=1S/C24H26N2O5/c27-21(26-24-11-15-8-16(12-24)10-17(9-15)13-24)14-31-23(29)18-3-5-19(6-4-18)25-22(28)20-2-1-7-30-20/h1-7,15-17H,8-14H2,(H,25,28)(H,26,27). The number of rotatable bonds is 6. The molecule has 1 aromatic carbocycles. The molecule has 1 aromatic heterocycles. The molecule has 6 rings (SSSR count). The fraction of sp³-hybridized carbons (Fsp3) is 0.458. The monoisotopic (exact) mass is 422 g/mol. The van der Waals surface area contributed by atoms with Crippen LogP contribution in [0.2, 0.25) is 0 Å². The van der Waals surface area contributed by atoms with E-state index in [4.69, 9.17) is 9.15 Å². The van der Waals surface area contributed by atoms with Crippen molar-refractivity contribution in [3.8, 4) is 0 Å². The number of carbonyl (C=O) groups excluding carboxylic acids is 3. The predicted molar refractivity (Wildman–Crippen MR) is 112 cm³/mol. The van der Waals surface area contributed by atoms with Crippen LogP contribution >= 0.6 is 0 Å². The largest absolute Gasteiger partial charge is 0.459 e. The van der Waals surface area contributed by atoms with Gasteiger partial charge in [0.15, 0.2) is 12.4 Å². The Morgan fingerprint density at radius 1 is 0.968 bits per heavy atom. The molecule has 2 aromatic rings. The summed E-state index contributed by atoms with van der Waals surface area (Å²) in [7, 11) is 0. The lowest BCUT2D eigenvalue weighted by atomic mass is 9.53. The third kappa shape index (κ3) is 4.22. The lowest BCUT2D eigenvalue weighted by Crippen LogP contribution is -2.60. The van der Waals surface area contributed by atoms with Crippen molar-refractivity contribution in [2.24, 2.45) is 17.8 Å². The molecule has 0 saturated heterocycles. The fourth-order valence-corrected chi connectivity index (χ4v) is 6.10. The number of anilines is 1. The smallest absolute Gasteiger partial charge is 0.338 e. The van der Waals surface area contributed by atoms with Crippen molar-refractivity contribution in [1.29, 1.82) is 0 Å². The van der Waals surface area contributed by atoms with Gasteiger partial charge in [-0.05, 0) is 92.7 Å². The van der Waals surface area contributed by atoms with Crippen LogP contribution in [0.15, 0.2) is 47.1 Å². The van der Waals surface area contributed by atoms with E-state index in [0.717, 1.165) is 37.0 Å². The van der Waals surface area contributed by atoms with Crippen molar-refractivity contribution in [3.63, 3.8) is 0 Å². The first kappa shape index (κ1) is 19.8. The van der Waals surface area contributed by atoms with E-state index in [9.17, 15) is 14.4 Å². The number of amides is 2. The molecule has 0 aliphatic heterocycles. The number of hydrogen-bond acceptors (Lipinski definition) is 5. The van der Waals surface area contributed by atoms with Crippen LogP contribution < -0.4 is 10.6 Å². The molecule has 4 aliphatic carbocycles. The average Bonchev–Trinajstić information content (AvgIpc) is 3.26. The number of hydrogen-bond donors (Lipinski definition) is 2. The molecule has 2 N–H and O–H groups in total. The molecule has 31 heavy (non-hydrogen) atoms. The molecule has 7 nitrogen and oxygen atoms in total. The van der Waals surface area contributed by atoms with Gasteiger partial charge in [-0.25, -0.2) is 4.79 Å². The van der Waals surface area contributed by atoms with Gasteiger partial charge < -0.3 is 19.8 Å². The Morgan fingerprint density at radius 2 is 1.61 bits per heavy atom. The first-order valence-corrected chi connectivity index (χ1v) is 10.9. The summed E-state index contributed by atoms with van der Waals surface area (Å²) < 4.78 is 10.3. The molecule has 4 aliphatic rings. The summed E-state index contributed by atoms with van der Waals surface area (Å²) in [5.41, 5.74) is 0.752. The number of nitrogens with one attached hydrogen (secondary N) is 2. The van der Waals surface area contributed by atoms with Crippen molar-refractivity contribution >= 4 is 23.5 Å². The zero-order chi connectivity index (χ0) is 21.4. The van der Waals surface area contributed by atoms with Crippen molar-refractivity contribution in [2.45, 2.75) is 44.1 Å². The fourth-order valence-electron chi connectivity index (χ4n) is 6.10. The van der Waals surface area contributed by atoms with E-state index in [1.807, 2.05) is 0 Å². The molecular formula is C24H26N2O5. The average molecular weight is 422 g/mol. The summed E-state index contributed by atoms with van der Waals surface area (Å²) in [6, 6.07) is 9.51. The van der Waals surface area contributed by atoms with Crippen molar-refractivity contribution in [1.82, 2.24) is 5.32 Å². The highest BCUT2D eigenvalue weighted by molar-refractivity contribution is 6.02. The van der Waals surface area contributed by atoms with Crippen LogP contribution in [0, 0.1) is 17.8 Å². The van der Waals surface area contributed by atoms with Gasteiger partial charge in [-0.1, -0.05) is 0 Å². The highest BCUT2D eigenvalue weighted by Gasteiger charge is 2.51. The summed E-state index contributed by atoms with van der Waals surface area (Å²) >= 11 is 0. The second-order valence-corrected chi connectivity index (χ2v) is 9.33. The summed E-state index contributed by atoms with van der Waals surface area (Å²) in [5.74, 6) is 1.25. The molecule has 2 amide bonds. The number of esters is 1. The number of ether oxygens (including phenoxy) is 1. The van der Waals surface area contributed by atoms with Gasteiger partial charge in [0.25, 0.3) is 11.8 Å². The van der Waals surface area contributed by atoms with E-state index >= 15 is 0 Å². The van der Waals surface area contributed by atoms with Crippen molar-refractivity contribution in [3.05, 3.63) is 54.0 Å². The van der Waals surface area contributed by atoms with Crippen LogP contribution in [-0.4, -0.2) is 29.9 Å². The Kier molecular flexibility index (Phi) is 5.04. The second kappa shape index (κ2) is 7.87. The van der Waals surface area contributed by atoms with Crippen LogP contribution in [-0.2, 0) is 9.53 Å². The van der Waals surface area contributed by atoms with Crippen LogP contribution in [0.5, 0.6) is 0 Å². The minimum Gasteiger partial charge on any atom is -0.459 e. The normalized spacial score (nSPS) is 28.2. The lowest BCUT2D eigenvalue weighted by molar-refractivity contribution is -0.130. The first-order chi connectivity index (χ1) is 15.0. The van der Waals surface area contributed by atoms with Gasteiger partial charge in [0.05, 0.1) is 11.8 Å². The third-order valence-electron chi connectivity index (χ3n) is 6.90. The molecule has 4 fully saturated rings. The maximum Gasteiger partial charge on any atom is 0.338 e. The molecule has 162 valence electrons. The van der Waals surface area contributed by atoms with Crippen molar-refractivity contribution < 1.29 is 23.5 Å². The highest BCUT2D eigenvalue weighted by Crippen LogP contribution is 2.55. The lowest BCUT2D eigenvalue weighted by Gasteiger charge is -2.56. The number of furan rings is 1. The second-order valence-electron chi connectivity index (χ2n) is 9.33. The van der Waals surface area contributed by atoms with Crippen LogP contribution in [0.1, 0.15) is 59.4 Å². The third-order valence-corrected chi connectivity index (χ3v) is 6.90. The zero-order valence-corrected chi connectivity index (χ0v) is 17.3. The quantitative estimate of drug-likeness (QED) is 0.691. The van der Waals surface area contributed by atoms with Gasteiger partial charge in [-0.15, -0.1) is 0 Å². The molecule has 0 atom stereocenters. The maximum atomic E-state index is 12.5. The summed E-state index contributed by atoms with van der Waals surface area (Å²) in [5, 5.41) is 5.89. The minimum absolute atomic E-state index is 0.0912. The van der Waals surface area contributed by atoms with Gasteiger partial charge in [-0.2, -0.15) is 0 Å². The Bertz CT molecular complexity index is 945. The van der Waals surface area contributed by atoms with Crippen LogP contribution in [0.3, 0.4) is 0 Å². The summed E-state index contributed by atoms with van der Waals surface area (Å²) in [6.07, 6.45) is 8.53. The first-order valence-electron chi connectivity index (χ1n) is 10.9. The maximum absolute atomic E-state index is 12.5. The Balaban J connectivity index is 1.12. The molecular weight excluding hydrogens is 396 g/mol. The molecule has 4 bridgehead atoms. The molecule has 7 heteroatoms. The van der Waals surface area contributed by atoms with Gasteiger partial charge in [0, 0.05) is 11.2 Å². The number of benzene rings is 1. The van der Waals surface area contributed by atoms with Crippen molar-refractivity contribution in [2.75, 3.05) is 11.9 Å². The summed E-state index contributed by atoms with van der Waals surface area (Å²) in [4.78, 5) is 36.8. The minimum atomic E-state index is -0.565. The van der Waals surface area contributed by atoms with E-state index in [1.54, 1.807) is 36.4 Å². The topological polar surface area (TPSA) is 97.6 Å². The Labute approximate surface area is 180 Å². The Morgan fingerprint density at radius 3 is 2.19 bits per heavy atom. The van der Waals surface area contributed by atoms with E-state index in [1.165, 1.54) is 25.5 Å². The van der Waals surface area contributed by atoms with E-state index in [2.05, 4.69) is 10.6 Å².